The van der Waals surface area contributed by atoms with Crippen molar-refractivity contribution in [1.82, 2.24) is 0 Å². The minimum absolute atomic E-state index is 0.281. The molecule has 0 atom stereocenters. The van der Waals surface area contributed by atoms with Crippen molar-refractivity contribution in [2.75, 3.05) is 0 Å². The molecular weight excluding hydrogens is 190 g/mol. The van der Waals surface area contributed by atoms with Gasteiger partial charge in [0, 0.05) is 5.56 Å². The standard InChI is InChI=1S/C12H9NO2/c1-2-6-10-12(14)15-11(13-10)9-7-4-3-5-8-9/h2-8H,1H2/b10-6-. The number of ether oxygens (including phenoxy) is 1. The SMILES string of the molecule is C=C/C=C1\N=C(c2ccccc2)OC1=O. The summed E-state index contributed by atoms with van der Waals surface area (Å²) in [5.74, 6) is -0.0950. The van der Waals surface area contributed by atoms with Gasteiger partial charge in [-0.1, -0.05) is 30.9 Å². The van der Waals surface area contributed by atoms with Gasteiger partial charge in [0.2, 0.25) is 5.90 Å². The van der Waals surface area contributed by atoms with Crippen LogP contribution in [0.25, 0.3) is 0 Å². The fourth-order valence-corrected chi connectivity index (χ4v) is 1.24. The Kier molecular flexibility index (Phi) is 2.46. The first-order chi connectivity index (χ1) is 7.31. The van der Waals surface area contributed by atoms with Crippen molar-refractivity contribution in [3.05, 3.63) is 60.3 Å². The van der Waals surface area contributed by atoms with Gasteiger partial charge in [0.25, 0.3) is 0 Å². The lowest BCUT2D eigenvalue weighted by Crippen LogP contribution is -2.04. The van der Waals surface area contributed by atoms with Crippen LogP contribution in [-0.4, -0.2) is 11.9 Å². The smallest absolute Gasteiger partial charge is 0.363 e. The van der Waals surface area contributed by atoms with E-state index >= 15 is 0 Å². The van der Waals surface area contributed by atoms with Crippen LogP contribution in [0, 0.1) is 0 Å². The largest absolute Gasteiger partial charge is 0.402 e. The highest BCUT2D eigenvalue weighted by molar-refractivity contribution is 6.11. The predicted molar refractivity (Wildman–Crippen MR) is 57.4 cm³/mol. The minimum atomic E-state index is -0.436. The lowest BCUT2D eigenvalue weighted by Gasteiger charge is -1.97. The van der Waals surface area contributed by atoms with Crippen molar-refractivity contribution >= 4 is 11.9 Å². The zero-order valence-corrected chi connectivity index (χ0v) is 8.01. The van der Waals surface area contributed by atoms with E-state index in [2.05, 4.69) is 11.6 Å². The summed E-state index contributed by atoms with van der Waals surface area (Å²) in [6.45, 7) is 3.50. The van der Waals surface area contributed by atoms with Crippen LogP contribution in [0.4, 0.5) is 0 Å². The summed E-state index contributed by atoms with van der Waals surface area (Å²) in [5.41, 5.74) is 1.07. The Morgan fingerprint density at radius 2 is 2.00 bits per heavy atom. The zero-order valence-electron chi connectivity index (χ0n) is 8.01. The summed E-state index contributed by atoms with van der Waals surface area (Å²) in [4.78, 5) is 15.4. The van der Waals surface area contributed by atoms with Crippen LogP contribution in [0.5, 0.6) is 0 Å². The molecule has 3 nitrogen and oxygen atoms in total. The molecule has 0 saturated heterocycles. The number of benzene rings is 1. The number of esters is 1. The van der Waals surface area contributed by atoms with E-state index in [1.54, 1.807) is 0 Å². The maximum absolute atomic E-state index is 11.3. The number of carbonyl (C=O) groups excluding carboxylic acids is 1. The molecule has 74 valence electrons. The van der Waals surface area contributed by atoms with Crippen molar-refractivity contribution in [2.45, 2.75) is 0 Å². The molecule has 0 amide bonds. The highest BCUT2D eigenvalue weighted by Crippen LogP contribution is 2.15. The zero-order chi connectivity index (χ0) is 10.7. The van der Waals surface area contributed by atoms with Crippen LogP contribution in [0.15, 0.2) is 59.8 Å². The molecule has 1 aliphatic heterocycles. The first-order valence-corrected chi connectivity index (χ1v) is 4.50. The molecule has 0 N–H and O–H groups in total. The molecule has 0 saturated carbocycles. The Morgan fingerprint density at radius 1 is 1.27 bits per heavy atom. The fraction of sp³-hybridized carbons (Fsp3) is 0. The molecule has 1 aliphatic rings. The Balaban J connectivity index is 2.35. The second-order valence-corrected chi connectivity index (χ2v) is 2.96. The molecule has 1 heterocycles. The third-order valence-electron chi connectivity index (χ3n) is 1.92. The highest BCUT2D eigenvalue weighted by atomic mass is 16.6. The van der Waals surface area contributed by atoms with Gasteiger partial charge >= 0.3 is 5.97 Å². The second kappa shape index (κ2) is 3.92. The van der Waals surface area contributed by atoms with Gasteiger partial charge in [-0.25, -0.2) is 9.79 Å². The molecule has 0 unspecified atom stereocenters. The molecular formula is C12H9NO2. The highest BCUT2D eigenvalue weighted by Gasteiger charge is 2.22. The predicted octanol–water partition coefficient (Wildman–Crippen LogP) is 2.06. The third-order valence-corrected chi connectivity index (χ3v) is 1.92. The van der Waals surface area contributed by atoms with Crippen LogP contribution in [-0.2, 0) is 9.53 Å². The number of allylic oxidation sites excluding steroid dienone is 2. The molecule has 0 aromatic heterocycles. The monoisotopic (exact) mass is 199 g/mol. The van der Waals surface area contributed by atoms with Crippen molar-refractivity contribution in [3.8, 4) is 0 Å². The van der Waals surface area contributed by atoms with Gasteiger partial charge in [0.1, 0.15) is 0 Å². The number of aliphatic imine (C=N–C) groups is 1. The maximum atomic E-state index is 11.3. The molecule has 2 rings (SSSR count). The molecule has 15 heavy (non-hydrogen) atoms. The quantitative estimate of drug-likeness (QED) is 0.540. The van der Waals surface area contributed by atoms with Crippen molar-refractivity contribution in [3.63, 3.8) is 0 Å². The van der Waals surface area contributed by atoms with Crippen LogP contribution in [0.1, 0.15) is 5.56 Å². The van der Waals surface area contributed by atoms with Crippen LogP contribution in [0.3, 0.4) is 0 Å². The molecule has 0 radical (unpaired) electrons. The summed E-state index contributed by atoms with van der Waals surface area (Å²) in [6, 6.07) is 9.29. The van der Waals surface area contributed by atoms with Crippen molar-refractivity contribution in [2.24, 2.45) is 4.99 Å². The van der Waals surface area contributed by atoms with E-state index in [1.165, 1.54) is 12.2 Å². The maximum Gasteiger partial charge on any atom is 0.363 e. The molecule has 0 aliphatic carbocycles. The van der Waals surface area contributed by atoms with Gasteiger partial charge in [0.15, 0.2) is 5.70 Å². The summed E-state index contributed by atoms with van der Waals surface area (Å²) in [6.07, 6.45) is 3.03. The van der Waals surface area contributed by atoms with Gasteiger partial charge in [0.05, 0.1) is 0 Å². The Morgan fingerprint density at radius 3 is 2.67 bits per heavy atom. The van der Waals surface area contributed by atoms with Gasteiger partial charge in [-0.2, -0.15) is 0 Å². The number of cyclic esters (lactones) is 1. The molecule has 0 spiro atoms. The molecule has 0 fully saturated rings. The Hall–Kier alpha value is -2.16. The van der Waals surface area contributed by atoms with E-state index in [0.29, 0.717) is 5.90 Å². The van der Waals surface area contributed by atoms with E-state index in [-0.39, 0.29) is 5.70 Å². The van der Waals surface area contributed by atoms with Gasteiger partial charge in [-0.15, -0.1) is 0 Å². The van der Waals surface area contributed by atoms with Gasteiger partial charge in [-0.05, 0) is 18.2 Å². The van der Waals surface area contributed by atoms with E-state index in [4.69, 9.17) is 4.74 Å². The molecule has 0 bridgehead atoms. The average Bonchev–Trinajstić information content (AvgIpc) is 2.63. The lowest BCUT2D eigenvalue weighted by atomic mass is 10.2. The Labute approximate surface area is 87.4 Å². The van der Waals surface area contributed by atoms with Crippen LogP contribution >= 0.6 is 0 Å². The normalized spacial score (nSPS) is 17.5. The van der Waals surface area contributed by atoms with E-state index in [1.807, 2.05) is 30.3 Å². The number of nitrogens with zero attached hydrogens (tertiary/aromatic N) is 1. The summed E-state index contributed by atoms with van der Waals surface area (Å²) < 4.78 is 5.01. The average molecular weight is 199 g/mol. The molecule has 3 heteroatoms. The number of carbonyl (C=O) groups is 1. The number of hydrogen-bond acceptors (Lipinski definition) is 3. The fourth-order valence-electron chi connectivity index (χ4n) is 1.24. The topological polar surface area (TPSA) is 38.7 Å². The second-order valence-electron chi connectivity index (χ2n) is 2.96. The first-order valence-electron chi connectivity index (χ1n) is 4.50. The summed E-state index contributed by atoms with van der Waals surface area (Å²) >= 11 is 0. The summed E-state index contributed by atoms with van der Waals surface area (Å²) in [7, 11) is 0. The molecule has 1 aromatic rings. The van der Waals surface area contributed by atoms with Crippen molar-refractivity contribution in [1.29, 1.82) is 0 Å². The van der Waals surface area contributed by atoms with E-state index in [9.17, 15) is 4.79 Å². The lowest BCUT2D eigenvalue weighted by molar-refractivity contribution is -0.130. The summed E-state index contributed by atoms with van der Waals surface area (Å²) in [5, 5.41) is 0. The van der Waals surface area contributed by atoms with E-state index < -0.39 is 5.97 Å². The Bertz CT molecular complexity index is 458. The third kappa shape index (κ3) is 1.86. The van der Waals surface area contributed by atoms with Gasteiger partial charge < -0.3 is 4.74 Å². The van der Waals surface area contributed by atoms with Gasteiger partial charge in [-0.3, -0.25) is 0 Å². The van der Waals surface area contributed by atoms with Crippen LogP contribution in [0.2, 0.25) is 0 Å². The van der Waals surface area contributed by atoms with Crippen molar-refractivity contribution < 1.29 is 9.53 Å². The molecule has 1 aromatic carbocycles. The van der Waals surface area contributed by atoms with E-state index in [0.717, 1.165) is 5.56 Å². The number of hydrogen-bond donors (Lipinski definition) is 0. The first kappa shape index (κ1) is 9.40. The number of rotatable bonds is 2. The minimum Gasteiger partial charge on any atom is -0.402 e. The van der Waals surface area contributed by atoms with Crippen LogP contribution < -0.4 is 0 Å².